The van der Waals surface area contributed by atoms with Crippen LogP contribution < -0.4 is 4.90 Å². The summed E-state index contributed by atoms with van der Waals surface area (Å²) in [6, 6.07) is 9.35. The van der Waals surface area contributed by atoms with E-state index in [0.717, 1.165) is 28.5 Å². The lowest BCUT2D eigenvalue weighted by Gasteiger charge is -2.11. The van der Waals surface area contributed by atoms with Crippen LogP contribution in [0.15, 0.2) is 41.3 Å². The van der Waals surface area contributed by atoms with Gasteiger partial charge in [0.1, 0.15) is 11.6 Å². The zero-order chi connectivity index (χ0) is 21.8. The Balaban J connectivity index is 1.90. The zero-order valence-corrected chi connectivity index (χ0v) is 17.9. The third kappa shape index (κ3) is 5.21. The highest BCUT2D eigenvalue weighted by molar-refractivity contribution is 8.14. The molecule has 0 fully saturated rings. The second kappa shape index (κ2) is 9.04. The van der Waals surface area contributed by atoms with Crippen molar-refractivity contribution < 1.29 is 14.3 Å². The molecule has 0 atom stereocenters. The van der Waals surface area contributed by atoms with Crippen molar-refractivity contribution in [2.75, 3.05) is 19.0 Å². The summed E-state index contributed by atoms with van der Waals surface area (Å²) in [7, 11) is 3.55. The Bertz CT molecular complexity index is 1090. The van der Waals surface area contributed by atoms with Crippen LogP contribution in [0.1, 0.15) is 33.1 Å². The third-order valence-electron chi connectivity index (χ3n) is 4.19. The highest BCUT2D eigenvalue weighted by Gasteiger charge is 2.16. The minimum Gasteiger partial charge on any atom is -0.507 e. The van der Waals surface area contributed by atoms with Crippen molar-refractivity contribution in [1.29, 1.82) is 0 Å². The zero-order valence-electron chi connectivity index (χ0n) is 17.0. The maximum atomic E-state index is 13.1. The van der Waals surface area contributed by atoms with E-state index >= 15 is 0 Å². The summed E-state index contributed by atoms with van der Waals surface area (Å²) in [5.41, 5.74) is 2.42. The monoisotopic (exact) mass is 424 g/mol. The second-order valence-corrected chi connectivity index (χ2v) is 7.94. The van der Waals surface area contributed by atoms with E-state index in [9.17, 15) is 14.3 Å². The van der Waals surface area contributed by atoms with E-state index in [2.05, 4.69) is 15.0 Å². The molecule has 0 aliphatic heterocycles. The minimum absolute atomic E-state index is 0.0146. The molecule has 0 amide bonds. The number of nitrogens with zero attached hydrogens (tertiary/aromatic N) is 4. The number of carbonyl (C=O) groups is 1. The fraction of sp³-hybridized carbons (Fsp3) is 0.182. The molecule has 0 aliphatic rings. The number of carbonyl (C=O) groups excluding carboxylic acids is 1. The molecule has 6 nitrogen and oxygen atoms in total. The van der Waals surface area contributed by atoms with E-state index < -0.39 is 0 Å². The number of hydrogen-bond acceptors (Lipinski definition) is 7. The van der Waals surface area contributed by atoms with Gasteiger partial charge in [0.2, 0.25) is 11.8 Å². The molecule has 2 aromatic carbocycles. The van der Waals surface area contributed by atoms with Crippen LogP contribution in [0.25, 0.3) is 12.2 Å². The number of aromatic hydroxyl groups is 1. The Morgan fingerprint density at radius 1 is 1.03 bits per heavy atom. The number of anilines is 1. The van der Waals surface area contributed by atoms with Crippen LogP contribution in [0.3, 0.4) is 0 Å². The van der Waals surface area contributed by atoms with Gasteiger partial charge < -0.3 is 10.0 Å². The standard InChI is InChI=1S/C22H21FN4O2S/c1-13-11-15(12-14(2)19(13)28)5-10-18-24-20(26-22(25-18)27(3)4)21(29)30-17-8-6-16(23)7-9-17/h5-12,28H,1-4H3. The summed E-state index contributed by atoms with van der Waals surface area (Å²) in [4.78, 5) is 27.8. The number of rotatable bonds is 5. The van der Waals surface area contributed by atoms with Crippen molar-refractivity contribution in [2.45, 2.75) is 18.7 Å². The molecule has 30 heavy (non-hydrogen) atoms. The summed E-state index contributed by atoms with van der Waals surface area (Å²) in [5.74, 6) is 0.605. The van der Waals surface area contributed by atoms with Crippen molar-refractivity contribution in [3.63, 3.8) is 0 Å². The number of aromatic nitrogens is 3. The van der Waals surface area contributed by atoms with Gasteiger partial charge >= 0.3 is 0 Å². The number of phenols is 1. The Kier molecular flexibility index (Phi) is 6.47. The summed E-state index contributed by atoms with van der Waals surface area (Å²) in [5, 5.41) is 9.56. The summed E-state index contributed by atoms with van der Waals surface area (Å²) in [6.45, 7) is 3.66. The van der Waals surface area contributed by atoms with Crippen molar-refractivity contribution >= 4 is 35.0 Å². The first-order valence-electron chi connectivity index (χ1n) is 9.12. The number of hydrogen-bond donors (Lipinski definition) is 1. The fourth-order valence-corrected chi connectivity index (χ4v) is 3.33. The molecule has 0 unspecified atom stereocenters. The molecule has 154 valence electrons. The molecule has 3 aromatic rings. The van der Waals surface area contributed by atoms with E-state index in [1.807, 2.05) is 32.1 Å². The van der Waals surface area contributed by atoms with Crippen LogP contribution in [-0.4, -0.2) is 39.3 Å². The van der Waals surface area contributed by atoms with Crippen molar-refractivity contribution in [3.8, 4) is 5.75 Å². The van der Waals surface area contributed by atoms with Gasteiger partial charge in [-0.2, -0.15) is 9.97 Å². The van der Waals surface area contributed by atoms with Crippen LogP contribution >= 0.6 is 11.8 Å². The third-order valence-corrected chi connectivity index (χ3v) is 5.06. The molecule has 0 aliphatic carbocycles. The molecule has 1 N–H and O–H groups in total. The van der Waals surface area contributed by atoms with Crippen molar-refractivity contribution in [2.24, 2.45) is 0 Å². The van der Waals surface area contributed by atoms with Crippen LogP contribution in [0, 0.1) is 19.7 Å². The Hall–Kier alpha value is -3.26. The van der Waals surface area contributed by atoms with Crippen LogP contribution in [-0.2, 0) is 0 Å². The molecule has 1 aromatic heterocycles. The topological polar surface area (TPSA) is 79.2 Å². The van der Waals surface area contributed by atoms with Gasteiger partial charge in [-0.25, -0.2) is 9.37 Å². The molecule has 0 radical (unpaired) electrons. The lowest BCUT2D eigenvalue weighted by molar-refractivity contribution is 0.108. The summed E-state index contributed by atoms with van der Waals surface area (Å²) in [6.07, 6.45) is 3.51. The predicted octanol–water partition coefficient (Wildman–Crippen LogP) is 4.50. The van der Waals surface area contributed by atoms with Gasteiger partial charge in [-0.15, -0.1) is 0 Å². The van der Waals surface area contributed by atoms with E-state index in [1.54, 1.807) is 25.1 Å². The average molecular weight is 425 g/mol. The minimum atomic E-state index is -0.367. The van der Waals surface area contributed by atoms with Crippen molar-refractivity contribution in [3.05, 3.63) is 70.6 Å². The summed E-state index contributed by atoms with van der Waals surface area (Å²) >= 11 is 0.926. The van der Waals surface area contributed by atoms with E-state index in [4.69, 9.17) is 0 Å². The number of thioether (sulfide) groups is 1. The number of aryl methyl sites for hydroxylation is 2. The van der Waals surface area contributed by atoms with Gasteiger partial charge in [0.15, 0.2) is 5.82 Å². The van der Waals surface area contributed by atoms with Gasteiger partial charge in [0, 0.05) is 19.0 Å². The van der Waals surface area contributed by atoms with Gasteiger partial charge in [-0.1, -0.05) is 6.08 Å². The first-order valence-corrected chi connectivity index (χ1v) is 9.94. The van der Waals surface area contributed by atoms with E-state index in [1.165, 1.54) is 24.3 Å². The Labute approximate surface area is 178 Å². The van der Waals surface area contributed by atoms with Crippen LogP contribution in [0.5, 0.6) is 5.75 Å². The van der Waals surface area contributed by atoms with Gasteiger partial charge in [-0.05, 0) is 84.8 Å². The molecular weight excluding hydrogens is 403 g/mol. The largest absolute Gasteiger partial charge is 0.507 e. The highest BCUT2D eigenvalue weighted by atomic mass is 32.2. The molecule has 1 heterocycles. The lowest BCUT2D eigenvalue weighted by atomic mass is 10.1. The van der Waals surface area contributed by atoms with Gasteiger partial charge in [0.25, 0.3) is 5.12 Å². The van der Waals surface area contributed by atoms with Gasteiger partial charge in [0.05, 0.1) is 0 Å². The van der Waals surface area contributed by atoms with Crippen molar-refractivity contribution in [1.82, 2.24) is 15.0 Å². The quantitative estimate of drug-likeness (QED) is 0.604. The van der Waals surface area contributed by atoms with Crippen LogP contribution in [0.2, 0.25) is 0 Å². The number of benzene rings is 2. The SMILES string of the molecule is Cc1cc(C=Cc2nc(C(=O)Sc3ccc(F)cc3)nc(N(C)C)n2)cc(C)c1O. The maximum absolute atomic E-state index is 13.1. The average Bonchev–Trinajstić information content (AvgIpc) is 2.71. The second-order valence-electron chi connectivity index (χ2n) is 6.89. The molecule has 0 saturated carbocycles. The predicted molar refractivity (Wildman–Crippen MR) is 117 cm³/mol. The fourth-order valence-electron chi connectivity index (χ4n) is 2.66. The smallest absolute Gasteiger partial charge is 0.261 e. The van der Waals surface area contributed by atoms with E-state index in [-0.39, 0.29) is 22.5 Å². The molecule has 8 heteroatoms. The molecular formula is C22H21FN4O2S. The highest BCUT2D eigenvalue weighted by Crippen LogP contribution is 2.25. The molecule has 0 spiro atoms. The normalized spacial score (nSPS) is 11.1. The first kappa shape index (κ1) is 21.4. The summed E-state index contributed by atoms with van der Waals surface area (Å²) < 4.78 is 13.1. The number of halogens is 1. The molecule has 0 saturated heterocycles. The first-order chi connectivity index (χ1) is 14.2. The van der Waals surface area contributed by atoms with E-state index in [0.29, 0.717) is 16.7 Å². The van der Waals surface area contributed by atoms with Gasteiger partial charge in [-0.3, -0.25) is 4.79 Å². The number of phenolic OH excluding ortho intramolecular Hbond substituents is 1. The Morgan fingerprint density at radius 2 is 1.67 bits per heavy atom. The molecule has 3 rings (SSSR count). The van der Waals surface area contributed by atoms with Crippen LogP contribution in [0.4, 0.5) is 10.3 Å². The maximum Gasteiger partial charge on any atom is 0.261 e. The Morgan fingerprint density at radius 3 is 2.27 bits per heavy atom. The molecule has 0 bridgehead atoms. The lowest BCUT2D eigenvalue weighted by Crippen LogP contribution is -2.16.